The first-order valence-electron chi connectivity index (χ1n) is 9.38. The van der Waals surface area contributed by atoms with Crippen molar-refractivity contribution in [3.05, 3.63) is 65.2 Å². The normalized spacial score (nSPS) is 14.2. The molecule has 3 rings (SSSR count). The first-order chi connectivity index (χ1) is 13.4. The van der Waals surface area contributed by atoms with Crippen molar-refractivity contribution < 1.29 is 19.1 Å². The van der Waals surface area contributed by atoms with E-state index in [1.807, 2.05) is 45.0 Å². The fourth-order valence-corrected chi connectivity index (χ4v) is 3.18. The smallest absolute Gasteiger partial charge is 0.261 e. The van der Waals surface area contributed by atoms with E-state index in [2.05, 4.69) is 5.32 Å². The molecule has 0 saturated heterocycles. The summed E-state index contributed by atoms with van der Waals surface area (Å²) in [6.45, 7) is 5.85. The van der Waals surface area contributed by atoms with Crippen molar-refractivity contribution in [2.75, 3.05) is 6.54 Å². The minimum atomic E-state index is -0.347. The molecule has 28 heavy (non-hydrogen) atoms. The number of carbonyl (C=O) groups is 3. The molecule has 146 valence electrons. The van der Waals surface area contributed by atoms with Crippen LogP contribution in [0.4, 0.5) is 0 Å². The molecule has 0 fully saturated rings. The summed E-state index contributed by atoms with van der Waals surface area (Å²) < 4.78 is 5.68. The zero-order chi connectivity index (χ0) is 20.3. The average molecular weight is 380 g/mol. The molecule has 1 atom stereocenters. The Bertz CT molecular complexity index is 872. The number of amides is 3. The van der Waals surface area contributed by atoms with Gasteiger partial charge in [0.1, 0.15) is 5.75 Å². The molecule has 0 radical (unpaired) electrons. The number of hydrogen-bond acceptors (Lipinski definition) is 4. The summed E-state index contributed by atoms with van der Waals surface area (Å²) in [5.41, 5.74) is 1.71. The molecule has 0 aromatic heterocycles. The molecule has 0 spiro atoms. The summed E-state index contributed by atoms with van der Waals surface area (Å²) >= 11 is 0. The van der Waals surface area contributed by atoms with E-state index in [1.54, 1.807) is 24.3 Å². The fourth-order valence-electron chi connectivity index (χ4n) is 3.18. The van der Waals surface area contributed by atoms with E-state index in [1.165, 1.54) is 0 Å². The van der Waals surface area contributed by atoms with Crippen LogP contribution in [0.5, 0.6) is 5.75 Å². The standard InChI is InChI=1S/C22H24N2O4/c1-14(2)28-17-8-6-7-16(13-17)15(3)23-20(25)11-12-24-21(26)18-9-4-5-10-19(18)22(24)27/h4-10,13-15H,11-12H2,1-3H3,(H,23,25). The molecule has 0 saturated carbocycles. The Morgan fingerprint density at radius 1 is 1.00 bits per heavy atom. The molecule has 0 bridgehead atoms. The largest absolute Gasteiger partial charge is 0.491 e. The third-order valence-corrected chi connectivity index (χ3v) is 4.55. The lowest BCUT2D eigenvalue weighted by Gasteiger charge is -2.18. The third kappa shape index (κ3) is 4.22. The van der Waals surface area contributed by atoms with Crippen LogP contribution in [0.25, 0.3) is 0 Å². The highest BCUT2D eigenvalue weighted by Gasteiger charge is 2.35. The minimum Gasteiger partial charge on any atom is -0.491 e. The number of rotatable bonds is 7. The van der Waals surface area contributed by atoms with Crippen LogP contribution in [0.3, 0.4) is 0 Å². The number of carbonyl (C=O) groups excluding carboxylic acids is 3. The fraction of sp³-hybridized carbons (Fsp3) is 0.318. The van der Waals surface area contributed by atoms with Crippen molar-refractivity contribution >= 4 is 17.7 Å². The first-order valence-corrected chi connectivity index (χ1v) is 9.38. The van der Waals surface area contributed by atoms with E-state index in [4.69, 9.17) is 4.74 Å². The Kier molecular flexibility index (Phi) is 5.78. The van der Waals surface area contributed by atoms with Crippen LogP contribution >= 0.6 is 0 Å². The molecule has 1 aliphatic heterocycles. The molecule has 6 nitrogen and oxygen atoms in total. The van der Waals surface area contributed by atoms with Crippen molar-refractivity contribution in [2.24, 2.45) is 0 Å². The lowest BCUT2D eigenvalue weighted by atomic mass is 10.1. The number of nitrogens with zero attached hydrogens (tertiary/aromatic N) is 1. The monoisotopic (exact) mass is 380 g/mol. The second-order valence-electron chi connectivity index (χ2n) is 7.09. The van der Waals surface area contributed by atoms with Crippen molar-refractivity contribution in [3.63, 3.8) is 0 Å². The van der Waals surface area contributed by atoms with Gasteiger partial charge in [0.2, 0.25) is 5.91 Å². The number of ether oxygens (including phenoxy) is 1. The highest BCUT2D eigenvalue weighted by Crippen LogP contribution is 2.23. The van der Waals surface area contributed by atoms with Gasteiger partial charge in [-0.2, -0.15) is 0 Å². The summed E-state index contributed by atoms with van der Waals surface area (Å²) in [5.74, 6) is -0.168. The SMILES string of the molecule is CC(C)Oc1cccc(C(C)NC(=O)CCN2C(=O)c3ccccc3C2=O)c1. The van der Waals surface area contributed by atoms with E-state index < -0.39 is 0 Å². The van der Waals surface area contributed by atoms with Gasteiger partial charge < -0.3 is 10.1 Å². The van der Waals surface area contributed by atoms with Gasteiger partial charge in [0.25, 0.3) is 11.8 Å². The van der Waals surface area contributed by atoms with E-state index >= 15 is 0 Å². The summed E-state index contributed by atoms with van der Waals surface area (Å²) in [4.78, 5) is 38.2. The molecular weight excluding hydrogens is 356 g/mol. The Morgan fingerprint density at radius 2 is 1.64 bits per heavy atom. The maximum atomic E-state index is 12.3. The van der Waals surface area contributed by atoms with Gasteiger partial charge in [-0.3, -0.25) is 19.3 Å². The van der Waals surface area contributed by atoms with E-state index in [-0.39, 0.29) is 42.8 Å². The van der Waals surface area contributed by atoms with Crippen molar-refractivity contribution in [1.29, 1.82) is 0 Å². The second kappa shape index (κ2) is 8.25. The van der Waals surface area contributed by atoms with Gasteiger partial charge in [-0.25, -0.2) is 0 Å². The Morgan fingerprint density at radius 3 is 2.25 bits per heavy atom. The minimum absolute atomic E-state index is 0.0536. The van der Waals surface area contributed by atoms with Gasteiger partial charge in [-0.1, -0.05) is 24.3 Å². The zero-order valence-corrected chi connectivity index (χ0v) is 16.3. The van der Waals surface area contributed by atoms with Crippen LogP contribution in [0.15, 0.2) is 48.5 Å². The van der Waals surface area contributed by atoms with Gasteiger partial charge in [0.15, 0.2) is 0 Å². The molecule has 0 aliphatic carbocycles. The predicted octanol–water partition coefficient (Wildman–Crippen LogP) is 3.34. The molecule has 2 aromatic carbocycles. The molecule has 1 N–H and O–H groups in total. The van der Waals surface area contributed by atoms with Crippen LogP contribution < -0.4 is 10.1 Å². The summed E-state index contributed by atoms with van der Waals surface area (Å²) in [6.07, 6.45) is 0.123. The average Bonchev–Trinajstić information content (AvgIpc) is 2.90. The number of benzene rings is 2. The van der Waals surface area contributed by atoms with Gasteiger partial charge in [-0.05, 0) is 50.6 Å². The van der Waals surface area contributed by atoms with Crippen LogP contribution in [0.1, 0.15) is 59.5 Å². The molecule has 1 unspecified atom stereocenters. The van der Waals surface area contributed by atoms with Crippen molar-refractivity contribution in [1.82, 2.24) is 10.2 Å². The second-order valence-corrected chi connectivity index (χ2v) is 7.09. The van der Waals surface area contributed by atoms with Crippen molar-refractivity contribution in [2.45, 2.75) is 39.3 Å². The number of nitrogens with one attached hydrogen (secondary N) is 1. The predicted molar refractivity (Wildman–Crippen MR) is 105 cm³/mol. The lowest BCUT2D eigenvalue weighted by Crippen LogP contribution is -2.35. The molecular formula is C22H24N2O4. The summed E-state index contributed by atoms with van der Waals surface area (Å²) in [6, 6.07) is 14.1. The number of hydrogen-bond donors (Lipinski definition) is 1. The van der Waals surface area contributed by atoms with Crippen LogP contribution in [-0.4, -0.2) is 35.3 Å². The Balaban J connectivity index is 1.56. The Hall–Kier alpha value is -3.15. The number of imide groups is 1. The van der Waals surface area contributed by atoms with Gasteiger partial charge >= 0.3 is 0 Å². The molecule has 6 heteroatoms. The van der Waals surface area contributed by atoms with E-state index in [9.17, 15) is 14.4 Å². The van der Waals surface area contributed by atoms with Crippen LogP contribution in [0.2, 0.25) is 0 Å². The maximum Gasteiger partial charge on any atom is 0.261 e. The first kappa shape index (κ1) is 19.6. The Labute approximate surface area is 164 Å². The van der Waals surface area contributed by atoms with Gasteiger partial charge in [-0.15, -0.1) is 0 Å². The van der Waals surface area contributed by atoms with E-state index in [0.717, 1.165) is 16.2 Å². The quantitative estimate of drug-likeness (QED) is 0.748. The van der Waals surface area contributed by atoms with Crippen LogP contribution in [0, 0.1) is 0 Å². The molecule has 3 amide bonds. The van der Waals surface area contributed by atoms with Crippen LogP contribution in [-0.2, 0) is 4.79 Å². The summed E-state index contributed by atoms with van der Waals surface area (Å²) in [7, 11) is 0. The van der Waals surface area contributed by atoms with Crippen molar-refractivity contribution in [3.8, 4) is 5.75 Å². The number of fused-ring (bicyclic) bond motifs is 1. The highest BCUT2D eigenvalue weighted by atomic mass is 16.5. The van der Waals surface area contributed by atoms with Gasteiger partial charge in [0, 0.05) is 13.0 Å². The van der Waals surface area contributed by atoms with Gasteiger partial charge in [0.05, 0.1) is 23.3 Å². The highest BCUT2D eigenvalue weighted by molar-refractivity contribution is 6.21. The van der Waals surface area contributed by atoms with E-state index in [0.29, 0.717) is 11.1 Å². The topological polar surface area (TPSA) is 75.7 Å². The lowest BCUT2D eigenvalue weighted by molar-refractivity contribution is -0.121. The molecule has 1 heterocycles. The zero-order valence-electron chi connectivity index (χ0n) is 16.3. The molecule has 1 aliphatic rings. The maximum absolute atomic E-state index is 12.3. The summed E-state index contributed by atoms with van der Waals surface area (Å²) in [5, 5.41) is 2.91. The third-order valence-electron chi connectivity index (χ3n) is 4.55. The molecule has 2 aromatic rings.